The largest absolute Gasteiger partial charge is 0.416 e. The van der Waals surface area contributed by atoms with E-state index in [4.69, 9.17) is 4.74 Å². The third-order valence-corrected chi connectivity index (χ3v) is 5.36. The van der Waals surface area contributed by atoms with Crippen molar-refractivity contribution in [1.82, 2.24) is 4.72 Å². The van der Waals surface area contributed by atoms with Gasteiger partial charge in [-0.15, -0.1) is 0 Å². The molecule has 1 atom stereocenters. The van der Waals surface area contributed by atoms with Gasteiger partial charge in [-0.25, -0.2) is 17.5 Å². The zero-order valence-corrected chi connectivity index (χ0v) is 14.8. The predicted molar refractivity (Wildman–Crippen MR) is 87.4 cm³/mol. The van der Waals surface area contributed by atoms with Crippen LogP contribution in [0.15, 0.2) is 53.4 Å². The highest BCUT2D eigenvalue weighted by Crippen LogP contribution is 2.31. The fourth-order valence-electron chi connectivity index (χ4n) is 2.32. The summed E-state index contributed by atoms with van der Waals surface area (Å²) in [6.07, 6.45) is -4.67. The lowest BCUT2D eigenvalue weighted by Crippen LogP contribution is -2.40. The molecule has 1 unspecified atom stereocenters. The van der Waals surface area contributed by atoms with Gasteiger partial charge in [-0.3, -0.25) is 0 Å². The molecule has 0 spiro atoms. The smallest absolute Gasteiger partial charge is 0.372 e. The van der Waals surface area contributed by atoms with Gasteiger partial charge in [-0.1, -0.05) is 24.3 Å². The van der Waals surface area contributed by atoms with Gasteiger partial charge in [0, 0.05) is 19.2 Å². The van der Waals surface area contributed by atoms with Crippen LogP contribution in [-0.2, 0) is 26.5 Å². The van der Waals surface area contributed by atoms with E-state index < -0.39 is 38.1 Å². The Balaban J connectivity index is 2.28. The molecule has 0 heterocycles. The van der Waals surface area contributed by atoms with E-state index in [1.807, 2.05) is 0 Å². The van der Waals surface area contributed by atoms with Crippen molar-refractivity contribution >= 4 is 10.0 Å². The minimum Gasteiger partial charge on any atom is -0.372 e. The summed E-state index contributed by atoms with van der Waals surface area (Å²) in [5.41, 5.74) is -2.31. The fraction of sp³-hybridized carbons (Fsp3) is 0.294. The summed E-state index contributed by atoms with van der Waals surface area (Å²) in [5, 5.41) is 0. The quantitative estimate of drug-likeness (QED) is 0.765. The predicted octanol–water partition coefficient (Wildman–Crippen LogP) is 3.68. The van der Waals surface area contributed by atoms with Crippen molar-refractivity contribution in [1.29, 1.82) is 0 Å². The van der Waals surface area contributed by atoms with Crippen LogP contribution in [0.25, 0.3) is 0 Å². The van der Waals surface area contributed by atoms with Crippen LogP contribution in [0.2, 0.25) is 0 Å². The van der Waals surface area contributed by atoms with E-state index in [1.165, 1.54) is 32.2 Å². The zero-order valence-electron chi connectivity index (χ0n) is 14.0. The summed E-state index contributed by atoms with van der Waals surface area (Å²) in [4.78, 5) is -0.542. The van der Waals surface area contributed by atoms with E-state index in [2.05, 4.69) is 4.72 Å². The van der Waals surface area contributed by atoms with Gasteiger partial charge in [-0.05, 0) is 31.2 Å². The van der Waals surface area contributed by atoms with Crippen molar-refractivity contribution in [3.63, 3.8) is 0 Å². The average Bonchev–Trinajstić information content (AvgIpc) is 2.59. The molecule has 2 rings (SSSR count). The third kappa shape index (κ3) is 4.40. The van der Waals surface area contributed by atoms with Crippen molar-refractivity contribution in [2.75, 3.05) is 13.7 Å². The second-order valence-corrected chi connectivity index (χ2v) is 7.53. The molecule has 26 heavy (non-hydrogen) atoms. The average molecular weight is 391 g/mol. The van der Waals surface area contributed by atoms with Crippen LogP contribution in [0.4, 0.5) is 17.6 Å². The summed E-state index contributed by atoms with van der Waals surface area (Å²) < 4.78 is 84.5. The Kier molecular flexibility index (Phi) is 5.74. The molecule has 0 saturated heterocycles. The molecule has 2 aromatic carbocycles. The first kappa shape index (κ1) is 20.3. The SMILES string of the molecule is COC(C)(CNS(=O)(=O)c1cccc(C(F)(F)F)c1)c1ccccc1F. The van der Waals surface area contributed by atoms with E-state index in [0.29, 0.717) is 6.07 Å². The van der Waals surface area contributed by atoms with Gasteiger partial charge in [0.15, 0.2) is 0 Å². The van der Waals surface area contributed by atoms with E-state index in [9.17, 15) is 26.0 Å². The lowest BCUT2D eigenvalue weighted by Gasteiger charge is -2.29. The maximum absolute atomic E-state index is 14.0. The maximum atomic E-state index is 14.0. The molecule has 0 bridgehead atoms. The highest BCUT2D eigenvalue weighted by Gasteiger charge is 2.33. The molecule has 0 aliphatic carbocycles. The molecule has 0 amide bonds. The summed E-state index contributed by atoms with van der Waals surface area (Å²) in [6, 6.07) is 9.05. The van der Waals surface area contributed by atoms with Crippen molar-refractivity contribution in [2.24, 2.45) is 0 Å². The normalized spacial score (nSPS) is 14.8. The number of hydrogen-bond donors (Lipinski definition) is 1. The van der Waals surface area contributed by atoms with Crippen LogP contribution < -0.4 is 4.72 Å². The van der Waals surface area contributed by atoms with Gasteiger partial charge >= 0.3 is 6.18 Å². The number of halogens is 4. The molecular formula is C17H17F4NO3S. The van der Waals surface area contributed by atoms with Crippen molar-refractivity contribution in [3.8, 4) is 0 Å². The highest BCUT2D eigenvalue weighted by atomic mass is 32.2. The highest BCUT2D eigenvalue weighted by molar-refractivity contribution is 7.89. The first-order valence-corrected chi connectivity index (χ1v) is 8.95. The van der Waals surface area contributed by atoms with Crippen LogP contribution >= 0.6 is 0 Å². The molecule has 0 aromatic heterocycles. The number of alkyl halides is 3. The summed E-state index contributed by atoms with van der Waals surface area (Å²) >= 11 is 0. The van der Waals surface area contributed by atoms with Crippen LogP contribution in [-0.4, -0.2) is 22.1 Å². The second kappa shape index (κ2) is 7.34. The number of ether oxygens (including phenoxy) is 1. The second-order valence-electron chi connectivity index (χ2n) is 5.76. The first-order valence-electron chi connectivity index (χ1n) is 7.47. The number of nitrogens with one attached hydrogen (secondary N) is 1. The van der Waals surface area contributed by atoms with Crippen LogP contribution in [0.5, 0.6) is 0 Å². The van der Waals surface area contributed by atoms with Crippen molar-refractivity contribution < 1.29 is 30.7 Å². The Morgan fingerprint density at radius 1 is 1.08 bits per heavy atom. The molecule has 0 aliphatic rings. The molecule has 0 radical (unpaired) electrons. The first-order chi connectivity index (χ1) is 12.0. The molecule has 2 aromatic rings. The van der Waals surface area contributed by atoms with Gasteiger partial charge < -0.3 is 4.74 Å². The molecule has 142 valence electrons. The van der Waals surface area contributed by atoms with Crippen molar-refractivity contribution in [3.05, 3.63) is 65.5 Å². The van der Waals surface area contributed by atoms with Gasteiger partial charge in [0.05, 0.1) is 10.5 Å². The van der Waals surface area contributed by atoms with E-state index in [1.54, 1.807) is 6.07 Å². The van der Waals surface area contributed by atoms with Gasteiger partial charge in [0.1, 0.15) is 11.4 Å². The van der Waals surface area contributed by atoms with E-state index in [0.717, 1.165) is 18.2 Å². The topological polar surface area (TPSA) is 55.4 Å². The number of methoxy groups -OCH3 is 1. The number of benzene rings is 2. The third-order valence-electron chi connectivity index (χ3n) is 3.97. The molecule has 4 nitrogen and oxygen atoms in total. The number of sulfonamides is 1. The Morgan fingerprint density at radius 3 is 2.31 bits per heavy atom. The zero-order chi connectivity index (χ0) is 19.6. The van der Waals surface area contributed by atoms with Crippen LogP contribution in [0.3, 0.4) is 0 Å². The van der Waals surface area contributed by atoms with E-state index in [-0.39, 0.29) is 12.1 Å². The van der Waals surface area contributed by atoms with E-state index >= 15 is 0 Å². The minimum absolute atomic E-state index is 0.120. The standard InChI is InChI=1S/C17H17F4NO3S/c1-16(25-2,14-8-3-4-9-15(14)18)11-22-26(23,24)13-7-5-6-12(10-13)17(19,20)21/h3-10,22H,11H2,1-2H3. The Labute approximate surface area is 148 Å². The summed E-state index contributed by atoms with van der Waals surface area (Å²) in [7, 11) is -2.98. The van der Waals surface area contributed by atoms with Gasteiger partial charge in [0.2, 0.25) is 10.0 Å². The molecule has 9 heteroatoms. The number of rotatable bonds is 6. The Bertz CT molecular complexity index is 884. The van der Waals surface area contributed by atoms with Gasteiger partial charge in [0.25, 0.3) is 0 Å². The number of hydrogen-bond acceptors (Lipinski definition) is 3. The van der Waals surface area contributed by atoms with Gasteiger partial charge in [-0.2, -0.15) is 13.2 Å². The molecule has 1 N–H and O–H groups in total. The lowest BCUT2D eigenvalue weighted by atomic mass is 9.95. The lowest BCUT2D eigenvalue weighted by molar-refractivity contribution is -0.137. The maximum Gasteiger partial charge on any atom is 0.416 e. The van der Waals surface area contributed by atoms with Crippen molar-refractivity contribution in [2.45, 2.75) is 23.6 Å². The molecule has 0 aliphatic heterocycles. The minimum atomic E-state index is -4.67. The summed E-state index contributed by atoms with van der Waals surface area (Å²) in [5.74, 6) is -0.588. The molecular weight excluding hydrogens is 374 g/mol. The fourth-order valence-corrected chi connectivity index (χ4v) is 3.50. The summed E-state index contributed by atoms with van der Waals surface area (Å²) in [6.45, 7) is 1.10. The molecule has 0 saturated carbocycles. The Morgan fingerprint density at radius 2 is 1.73 bits per heavy atom. The molecule has 0 fully saturated rings. The monoisotopic (exact) mass is 391 g/mol. The van der Waals surface area contributed by atoms with Crippen LogP contribution in [0.1, 0.15) is 18.1 Å². The van der Waals surface area contributed by atoms with Crippen LogP contribution in [0, 0.1) is 5.82 Å². The Hall–Kier alpha value is -1.97.